The molecule has 0 atom stereocenters. The average Bonchev–Trinajstić information content (AvgIpc) is 2.51. The Morgan fingerprint density at radius 2 is 1.52 bits per heavy atom. The minimum atomic E-state index is -0.511. The zero-order valence-corrected chi connectivity index (χ0v) is 15.4. The first kappa shape index (κ1) is 23.2. The minimum Gasteiger partial charge on any atom is -0.444 e. The molecule has 0 saturated carbocycles. The first-order chi connectivity index (χ1) is 11.8. The predicted molar refractivity (Wildman–Crippen MR) is 93.2 cm³/mol. The lowest BCUT2D eigenvalue weighted by atomic mass is 10.2. The molecular weight excluding hydrogens is 328 g/mol. The van der Waals surface area contributed by atoms with Crippen molar-refractivity contribution in [1.29, 1.82) is 0 Å². The number of nitrogens with one attached hydrogen (secondary N) is 2. The monoisotopic (exact) mass is 358 g/mol. The van der Waals surface area contributed by atoms with Crippen LogP contribution in [0.25, 0.3) is 0 Å². The number of terminal acetylenes is 1. The van der Waals surface area contributed by atoms with Gasteiger partial charge < -0.3 is 29.6 Å². The molecule has 0 aliphatic rings. The zero-order chi connectivity index (χ0) is 19.0. The Labute approximate surface area is 149 Å². The van der Waals surface area contributed by atoms with Crippen LogP contribution in [0, 0.1) is 12.3 Å². The van der Waals surface area contributed by atoms with Crippen LogP contribution in [0.4, 0.5) is 4.79 Å². The molecule has 0 saturated heterocycles. The predicted octanol–water partition coefficient (Wildman–Crippen LogP) is 0.700. The van der Waals surface area contributed by atoms with Crippen molar-refractivity contribution in [2.24, 2.45) is 0 Å². The first-order valence-electron chi connectivity index (χ1n) is 8.25. The quantitative estimate of drug-likeness (QED) is 0.372. The third kappa shape index (κ3) is 18.4. The number of alkyl carbamates (subject to hydrolysis) is 1. The van der Waals surface area contributed by atoms with E-state index in [2.05, 4.69) is 16.6 Å². The first-order valence-corrected chi connectivity index (χ1v) is 8.25. The van der Waals surface area contributed by atoms with Gasteiger partial charge in [-0.15, -0.1) is 6.42 Å². The van der Waals surface area contributed by atoms with E-state index in [1.807, 2.05) is 0 Å². The lowest BCUT2D eigenvalue weighted by Gasteiger charge is -2.19. The number of amides is 2. The molecule has 0 aromatic heterocycles. The third-order valence-corrected chi connectivity index (χ3v) is 2.51. The standard InChI is InChI=1S/C17H30N2O6/c1-5-9-22-10-6-15(20)18-7-11-23-13-14-24-12-8-19-16(21)25-17(2,3)4/h1H,6-14H2,2-4H3,(H,18,20)(H,19,21). The largest absolute Gasteiger partial charge is 0.444 e. The van der Waals surface area contributed by atoms with Crippen LogP contribution in [0.2, 0.25) is 0 Å². The Hall–Kier alpha value is -1.82. The second-order valence-corrected chi connectivity index (χ2v) is 6.01. The summed E-state index contributed by atoms with van der Waals surface area (Å²) in [6.45, 7) is 8.31. The third-order valence-electron chi connectivity index (χ3n) is 2.51. The lowest BCUT2D eigenvalue weighted by Crippen LogP contribution is -2.34. The van der Waals surface area contributed by atoms with Crippen molar-refractivity contribution in [2.45, 2.75) is 32.8 Å². The normalized spacial score (nSPS) is 10.8. The second kappa shape index (κ2) is 14.5. The van der Waals surface area contributed by atoms with E-state index < -0.39 is 11.7 Å². The zero-order valence-electron chi connectivity index (χ0n) is 15.4. The molecular formula is C17H30N2O6. The minimum absolute atomic E-state index is 0.106. The summed E-state index contributed by atoms with van der Waals surface area (Å²) < 4.78 is 20.7. The topological polar surface area (TPSA) is 95.1 Å². The van der Waals surface area contributed by atoms with Gasteiger partial charge in [-0.25, -0.2) is 4.79 Å². The Morgan fingerprint density at radius 3 is 2.08 bits per heavy atom. The molecule has 0 heterocycles. The molecule has 8 nitrogen and oxygen atoms in total. The highest BCUT2D eigenvalue weighted by Crippen LogP contribution is 2.05. The molecule has 0 aliphatic carbocycles. The Balaban J connectivity index is 3.30. The van der Waals surface area contributed by atoms with E-state index in [1.165, 1.54) is 0 Å². The van der Waals surface area contributed by atoms with Gasteiger partial charge in [0, 0.05) is 13.1 Å². The molecule has 0 spiro atoms. The van der Waals surface area contributed by atoms with Gasteiger partial charge in [0.15, 0.2) is 0 Å². The van der Waals surface area contributed by atoms with Crippen molar-refractivity contribution >= 4 is 12.0 Å². The Bertz CT molecular complexity index is 414. The van der Waals surface area contributed by atoms with Crippen LogP contribution >= 0.6 is 0 Å². The molecule has 0 aromatic rings. The molecule has 2 amide bonds. The fourth-order valence-corrected chi connectivity index (χ4v) is 1.51. The van der Waals surface area contributed by atoms with Crippen LogP contribution in [-0.2, 0) is 23.7 Å². The van der Waals surface area contributed by atoms with Gasteiger partial charge in [-0.1, -0.05) is 5.92 Å². The van der Waals surface area contributed by atoms with Crippen molar-refractivity contribution in [3.8, 4) is 12.3 Å². The van der Waals surface area contributed by atoms with Gasteiger partial charge in [-0.05, 0) is 20.8 Å². The fraction of sp³-hybridized carbons (Fsp3) is 0.765. The van der Waals surface area contributed by atoms with E-state index in [4.69, 9.17) is 25.4 Å². The summed E-state index contributed by atoms with van der Waals surface area (Å²) in [5.74, 6) is 2.22. The SMILES string of the molecule is C#CCOCCC(=O)NCCOCCOCCNC(=O)OC(C)(C)C. The molecule has 8 heteroatoms. The number of hydrogen-bond donors (Lipinski definition) is 2. The van der Waals surface area contributed by atoms with Crippen LogP contribution in [0.1, 0.15) is 27.2 Å². The average molecular weight is 358 g/mol. The maximum absolute atomic E-state index is 11.4. The van der Waals surface area contributed by atoms with Crippen molar-refractivity contribution in [3.63, 3.8) is 0 Å². The van der Waals surface area contributed by atoms with E-state index in [-0.39, 0.29) is 18.9 Å². The van der Waals surface area contributed by atoms with Crippen molar-refractivity contribution in [3.05, 3.63) is 0 Å². The highest BCUT2D eigenvalue weighted by Gasteiger charge is 2.15. The van der Waals surface area contributed by atoms with E-state index >= 15 is 0 Å². The fourth-order valence-electron chi connectivity index (χ4n) is 1.51. The molecule has 2 N–H and O–H groups in total. The van der Waals surface area contributed by atoms with Crippen LogP contribution < -0.4 is 10.6 Å². The molecule has 0 aliphatic heterocycles. The summed E-state index contributed by atoms with van der Waals surface area (Å²) in [5, 5.41) is 5.30. The molecule has 0 bridgehead atoms. The Morgan fingerprint density at radius 1 is 0.920 bits per heavy atom. The van der Waals surface area contributed by atoms with Gasteiger partial charge in [-0.2, -0.15) is 0 Å². The second-order valence-electron chi connectivity index (χ2n) is 6.01. The van der Waals surface area contributed by atoms with Gasteiger partial charge in [0.25, 0.3) is 0 Å². The van der Waals surface area contributed by atoms with Gasteiger partial charge in [0.05, 0.1) is 39.5 Å². The van der Waals surface area contributed by atoms with Gasteiger partial charge in [0.1, 0.15) is 12.2 Å². The van der Waals surface area contributed by atoms with Crippen LogP contribution in [0.15, 0.2) is 0 Å². The smallest absolute Gasteiger partial charge is 0.407 e. The van der Waals surface area contributed by atoms with Crippen LogP contribution in [0.3, 0.4) is 0 Å². The Kier molecular flexibility index (Phi) is 13.5. The van der Waals surface area contributed by atoms with Crippen molar-refractivity contribution in [1.82, 2.24) is 10.6 Å². The van der Waals surface area contributed by atoms with Crippen molar-refractivity contribution in [2.75, 3.05) is 52.7 Å². The maximum atomic E-state index is 11.4. The van der Waals surface area contributed by atoms with Crippen LogP contribution in [-0.4, -0.2) is 70.3 Å². The summed E-state index contributed by atoms with van der Waals surface area (Å²) in [4.78, 5) is 22.7. The molecule has 144 valence electrons. The number of carbonyl (C=O) groups is 2. The highest BCUT2D eigenvalue weighted by molar-refractivity contribution is 5.75. The molecule has 0 radical (unpaired) electrons. The molecule has 0 unspecified atom stereocenters. The summed E-state index contributed by atoms with van der Waals surface area (Å²) in [5.41, 5.74) is -0.511. The van der Waals surface area contributed by atoms with Gasteiger partial charge in [-0.3, -0.25) is 4.79 Å². The van der Waals surface area contributed by atoms with E-state index in [1.54, 1.807) is 20.8 Å². The summed E-state index contributed by atoms with van der Waals surface area (Å²) >= 11 is 0. The van der Waals surface area contributed by atoms with Gasteiger partial charge in [0.2, 0.25) is 5.91 Å². The van der Waals surface area contributed by atoms with Gasteiger partial charge >= 0.3 is 6.09 Å². The lowest BCUT2D eigenvalue weighted by molar-refractivity contribution is -0.122. The molecule has 25 heavy (non-hydrogen) atoms. The molecule has 0 aromatic carbocycles. The number of rotatable bonds is 13. The van der Waals surface area contributed by atoms with Crippen LogP contribution in [0.5, 0.6) is 0 Å². The maximum Gasteiger partial charge on any atom is 0.407 e. The highest BCUT2D eigenvalue weighted by atomic mass is 16.6. The number of hydrogen-bond acceptors (Lipinski definition) is 6. The molecule has 0 rings (SSSR count). The molecule has 0 fully saturated rings. The number of ether oxygens (including phenoxy) is 4. The van der Waals surface area contributed by atoms with E-state index in [9.17, 15) is 9.59 Å². The summed E-state index contributed by atoms with van der Waals surface area (Å²) in [6.07, 6.45) is 4.83. The van der Waals surface area contributed by atoms with E-state index in [0.717, 1.165) is 0 Å². The van der Waals surface area contributed by atoms with Crippen molar-refractivity contribution < 1.29 is 28.5 Å². The summed E-state index contributed by atoms with van der Waals surface area (Å²) in [6, 6.07) is 0. The summed E-state index contributed by atoms with van der Waals surface area (Å²) in [7, 11) is 0. The van der Waals surface area contributed by atoms with E-state index in [0.29, 0.717) is 46.1 Å². The number of carbonyl (C=O) groups excluding carboxylic acids is 2.